The molecule has 2 heterocycles. The minimum Gasteiger partial charge on any atom is -0.476 e. The third kappa shape index (κ3) is 3.59. The van der Waals surface area contributed by atoms with Crippen molar-refractivity contribution in [2.45, 2.75) is 31.8 Å². The third-order valence-electron chi connectivity index (χ3n) is 4.02. The second-order valence-electron chi connectivity index (χ2n) is 5.88. The van der Waals surface area contributed by atoms with Crippen LogP contribution < -0.4 is 0 Å². The van der Waals surface area contributed by atoms with Crippen molar-refractivity contribution in [3.63, 3.8) is 0 Å². The van der Waals surface area contributed by atoms with E-state index in [4.69, 9.17) is 9.84 Å². The molecule has 0 aromatic carbocycles. The van der Waals surface area contributed by atoms with Crippen LogP contribution in [0.1, 0.15) is 46.7 Å². The van der Waals surface area contributed by atoms with Crippen LogP contribution in [0.3, 0.4) is 0 Å². The van der Waals surface area contributed by atoms with Gasteiger partial charge in [0, 0.05) is 19.7 Å². The van der Waals surface area contributed by atoms with E-state index in [9.17, 15) is 9.59 Å². The van der Waals surface area contributed by atoms with Crippen LogP contribution in [0.15, 0.2) is 12.4 Å². The van der Waals surface area contributed by atoms with Gasteiger partial charge in [0.2, 0.25) is 0 Å². The highest BCUT2D eigenvalue weighted by atomic mass is 16.5. The first kappa shape index (κ1) is 14.9. The molecular weight excluding hydrogens is 286 g/mol. The summed E-state index contributed by atoms with van der Waals surface area (Å²) in [4.78, 5) is 32.5. The lowest BCUT2D eigenvalue weighted by atomic mass is 10.1. The number of rotatable bonds is 5. The van der Waals surface area contributed by atoms with Gasteiger partial charge < -0.3 is 14.7 Å². The molecule has 22 heavy (non-hydrogen) atoms. The molecule has 1 N–H and O–H groups in total. The molecule has 1 unspecified atom stereocenters. The molecule has 0 spiro atoms. The number of amides is 1. The number of hydrogen-bond acceptors (Lipinski definition) is 5. The lowest BCUT2D eigenvalue weighted by molar-refractivity contribution is -0.00261. The number of piperidine rings is 1. The lowest BCUT2D eigenvalue weighted by Crippen LogP contribution is -2.43. The van der Waals surface area contributed by atoms with Crippen LogP contribution in [0.25, 0.3) is 0 Å². The van der Waals surface area contributed by atoms with Gasteiger partial charge in [-0.3, -0.25) is 4.79 Å². The molecule has 3 rings (SSSR count). The Balaban J connectivity index is 1.59. The minimum atomic E-state index is -1.15. The van der Waals surface area contributed by atoms with Gasteiger partial charge in [-0.25, -0.2) is 14.8 Å². The quantitative estimate of drug-likeness (QED) is 0.879. The zero-order valence-electron chi connectivity index (χ0n) is 12.3. The number of aromatic nitrogens is 2. The number of likely N-dealkylation sites (tertiary alicyclic amines) is 1. The second kappa shape index (κ2) is 6.39. The fraction of sp³-hybridized carbons (Fsp3) is 0.600. The number of carbonyl (C=O) groups is 2. The Kier molecular flexibility index (Phi) is 4.33. The molecule has 2 fully saturated rings. The maximum absolute atomic E-state index is 12.4. The standard InChI is InChI=1S/C15H19N3O4/c19-14(12-6-17-13(7-16-12)15(20)21)18-5-1-2-11(8-18)22-9-10-3-4-10/h6-7,10-11H,1-5,8-9H2,(H,20,21). The van der Waals surface area contributed by atoms with E-state index < -0.39 is 5.97 Å². The van der Waals surface area contributed by atoms with E-state index >= 15 is 0 Å². The summed E-state index contributed by atoms with van der Waals surface area (Å²) in [5, 5.41) is 8.79. The number of hydrogen-bond donors (Lipinski definition) is 1. The van der Waals surface area contributed by atoms with Crippen LogP contribution in [0.4, 0.5) is 0 Å². The van der Waals surface area contributed by atoms with E-state index in [1.54, 1.807) is 4.90 Å². The van der Waals surface area contributed by atoms with Crippen LogP contribution >= 0.6 is 0 Å². The highest BCUT2D eigenvalue weighted by Gasteiger charge is 2.28. The lowest BCUT2D eigenvalue weighted by Gasteiger charge is -2.32. The van der Waals surface area contributed by atoms with Gasteiger partial charge in [0.25, 0.3) is 5.91 Å². The first-order valence-electron chi connectivity index (χ1n) is 7.59. The van der Waals surface area contributed by atoms with Crippen molar-refractivity contribution in [2.75, 3.05) is 19.7 Å². The Morgan fingerprint density at radius 1 is 1.23 bits per heavy atom. The van der Waals surface area contributed by atoms with E-state index in [1.165, 1.54) is 19.0 Å². The van der Waals surface area contributed by atoms with Crippen molar-refractivity contribution in [3.05, 3.63) is 23.8 Å². The molecule has 1 saturated heterocycles. The molecule has 1 aliphatic carbocycles. The third-order valence-corrected chi connectivity index (χ3v) is 4.02. The van der Waals surface area contributed by atoms with Gasteiger partial charge in [-0.1, -0.05) is 0 Å². The number of ether oxygens (including phenoxy) is 1. The Labute approximate surface area is 128 Å². The molecular formula is C15H19N3O4. The van der Waals surface area contributed by atoms with Gasteiger partial charge in [-0.05, 0) is 31.6 Å². The topological polar surface area (TPSA) is 92.6 Å². The summed E-state index contributed by atoms with van der Waals surface area (Å²) < 4.78 is 5.87. The fourth-order valence-electron chi connectivity index (χ4n) is 2.53. The molecule has 2 aliphatic rings. The first-order valence-corrected chi connectivity index (χ1v) is 7.59. The fourth-order valence-corrected chi connectivity index (χ4v) is 2.53. The molecule has 1 aliphatic heterocycles. The van der Waals surface area contributed by atoms with Gasteiger partial charge in [0.1, 0.15) is 5.69 Å². The SMILES string of the molecule is O=C(O)c1cnc(C(=O)N2CCCC(OCC3CC3)C2)cn1. The smallest absolute Gasteiger partial charge is 0.356 e. The van der Waals surface area contributed by atoms with Crippen LogP contribution in [-0.4, -0.2) is 57.7 Å². The maximum Gasteiger partial charge on any atom is 0.356 e. The average molecular weight is 305 g/mol. The maximum atomic E-state index is 12.4. The largest absolute Gasteiger partial charge is 0.476 e. The number of carboxylic acids is 1. The van der Waals surface area contributed by atoms with E-state index in [1.807, 2.05) is 0 Å². The minimum absolute atomic E-state index is 0.0875. The predicted molar refractivity (Wildman–Crippen MR) is 76.6 cm³/mol. The Hall–Kier alpha value is -2.02. The molecule has 0 radical (unpaired) electrons. The van der Waals surface area contributed by atoms with Crippen molar-refractivity contribution in [2.24, 2.45) is 5.92 Å². The number of nitrogens with zero attached hydrogens (tertiary/aromatic N) is 3. The van der Waals surface area contributed by atoms with Gasteiger partial charge in [0.05, 0.1) is 18.5 Å². The van der Waals surface area contributed by atoms with Gasteiger partial charge in [-0.2, -0.15) is 0 Å². The van der Waals surface area contributed by atoms with Crippen molar-refractivity contribution in [3.8, 4) is 0 Å². The molecule has 1 aromatic heterocycles. The molecule has 7 nitrogen and oxygen atoms in total. The molecule has 1 amide bonds. The normalized spacial score (nSPS) is 21.6. The molecule has 1 atom stereocenters. The highest BCUT2D eigenvalue weighted by Crippen LogP contribution is 2.30. The average Bonchev–Trinajstić information content (AvgIpc) is 3.37. The van der Waals surface area contributed by atoms with Crippen LogP contribution in [-0.2, 0) is 4.74 Å². The Bertz CT molecular complexity index is 556. The molecule has 1 saturated carbocycles. The number of carboxylic acid groups (broad SMARTS) is 1. The van der Waals surface area contributed by atoms with Crippen LogP contribution in [0.2, 0.25) is 0 Å². The van der Waals surface area contributed by atoms with Crippen molar-refractivity contribution in [1.82, 2.24) is 14.9 Å². The van der Waals surface area contributed by atoms with Gasteiger partial charge >= 0.3 is 5.97 Å². The summed E-state index contributed by atoms with van der Waals surface area (Å²) in [6, 6.07) is 0. The zero-order valence-corrected chi connectivity index (χ0v) is 12.3. The van der Waals surface area contributed by atoms with E-state index in [0.717, 1.165) is 25.6 Å². The molecule has 7 heteroatoms. The van der Waals surface area contributed by atoms with Crippen molar-refractivity contribution in [1.29, 1.82) is 0 Å². The second-order valence-corrected chi connectivity index (χ2v) is 5.88. The van der Waals surface area contributed by atoms with Crippen molar-refractivity contribution >= 4 is 11.9 Å². The van der Waals surface area contributed by atoms with Crippen LogP contribution in [0, 0.1) is 5.92 Å². The van der Waals surface area contributed by atoms with E-state index in [-0.39, 0.29) is 23.4 Å². The molecule has 0 bridgehead atoms. The van der Waals surface area contributed by atoms with Gasteiger partial charge in [-0.15, -0.1) is 0 Å². The monoisotopic (exact) mass is 305 g/mol. The summed E-state index contributed by atoms with van der Waals surface area (Å²) in [6.45, 7) is 2.03. The van der Waals surface area contributed by atoms with Crippen molar-refractivity contribution < 1.29 is 19.4 Å². The Morgan fingerprint density at radius 2 is 1.95 bits per heavy atom. The molecule has 1 aromatic rings. The van der Waals surface area contributed by atoms with Gasteiger partial charge in [0.15, 0.2) is 5.69 Å². The summed E-state index contributed by atoms with van der Waals surface area (Å²) in [5.41, 5.74) is 0.00804. The van der Waals surface area contributed by atoms with E-state index in [2.05, 4.69) is 9.97 Å². The number of aromatic carboxylic acids is 1. The summed E-state index contributed by atoms with van der Waals surface area (Å²) >= 11 is 0. The zero-order chi connectivity index (χ0) is 15.5. The first-order chi connectivity index (χ1) is 10.6. The molecule has 118 valence electrons. The van der Waals surface area contributed by atoms with Crippen LogP contribution in [0.5, 0.6) is 0 Å². The summed E-state index contributed by atoms with van der Waals surface area (Å²) in [5.74, 6) is -0.664. The summed E-state index contributed by atoms with van der Waals surface area (Å²) in [6.07, 6.45) is 6.80. The van der Waals surface area contributed by atoms with E-state index in [0.29, 0.717) is 19.0 Å². The predicted octanol–water partition coefficient (Wildman–Crippen LogP) is 1.21. The highest BCUT2D eigenvalue weighted by molar-refractivity contribution is 5.92. The summed E-state index contributed by atoms with van der Waals surface area (Å²) in [7, 11) is 0. The number of carbonyl (C=O) groups excluding carboxylic acids is 1. The Morgan fingerprint density at radius 3 is 2.59 bits per heavy atom.